The lowest BCUT2D eigenvalue weighted by molar-refractivity contribution is 0.769. The van der Waals surface area contributed by atoms with Crippen LogP contribution in [0, 0.1) is 0 Å². The van der Waals surface area contributed by atoms with E-state index in [-0.39, 0.29) is 5.95 Å². The summed E-state index contributed by atoms with van der Waals surface area (Å²) in [5, 5.41) is 0.624. The van der Waals surface area contributed by atoms with Crippen molar-refractivity contribution in [1.29, 1.82) is 0 Å². The highest BCUT2D eigenvalue weighted by molar-refractivity contribution is 6.30. The fourth-order valence-corrected chi connectivity index (χ4v) is 1.70. The molecule has 0 saturated heterocycles. The van der Waals surface area contributed by atoms with Gasteiger partial charge in [0.25, 0.3) is 0 Å². The molecule has 0 aliphatic rings. The fraction of sp³-hybridized carbons (Fsp3) is 0.154. The number of nitrogens with zero attached hydrogens (tertiary/aromatic N) is 3. The highest BCUT2D eigenvalue weighted by Gasteiger charge is 2.09. The molecule has 0 unspecified atom stereocenters. The van der Waals surface area contributed by atoms with Gasteiger partial charge in [0, 0.05) is 24.2 Å². The first-order valence-electron chi connectivity index (χ1n) is 5.92. The van der Waals surface area contributed by atoms with Gasteiger partial charge in [-0.2, -0.15) is 9.97 Å². The minimum atomic E-state index is -0.396. The Kier molecular flexibility index (Phi) is 4.49. The van der Waals surface area contributed by atoms with Gasteiger partial charge in [0.15, 0.2) is 0 Å². The summed E-state index contributed by atoms with van der Waals surface area (Å²) >= 11 is 5.85. The van der Waals surface area contributed by atoms with E-state index in [1.54, 1.807) is 37.4 Å². The van der Waals surface area contributed by atoms with Crippen LogP contribution in [0.3, 0.4) is 0 Å². The van der Waals surface area contributed by atoms with Crippen LogP contribution in [0.4, 0.5) is 5.95 Å². The highest BCUT2D eigenvalue weighted by Crippen LogP contribution is 2.18. The predicted molar refractivity (Wildman–Crippen MR) is 79.5 cm³/mol. The number of rotatable bonds is 5. The van der Waals surface area contributed by atoms with Gasteiger partial charge in [-0.25, -0.2) is 10.2 Å². The molecule has 0 radical (unpaired) electrons. The zero-order valence-corrected chi connectivity index (χ0v) is 11.7. The third kappa shape index (κ3) is 3.23. The summed E-state index contributed by atoms with van der Waals surface area (Å²) in [6.07, 6.45) is 1.67. The molecule has 2 aromatic rings. The molecule has 0 spiro atoms. The van der Waals surface area contributed by atoms with E-state index in [4.69, 9.17) is 11.6 Å². The van der Waals surface area contributed by atoms with Crippen molar-refractivity contribution in [1.82, 2.24) is 20.0 Å². The smallest absolute Gasteiger partial charge is 0.289 e. The number of hydrogen-bond donors (Lipinski definition) is 2. The molecule has 6 nitrogen and oxygen atoms in total. The molecule has 0 bridgehead atoms. The first-order chi connectivity index (χ1) is 9.61. The Morgan fingerprint density at radius 2 is 2.05 bits per heavy atom. The molecule has 20 heavy (non-hydrogen) atoms. The molecule has 0 aliphatic carbocycles. The van der Waals surface area contributed by atoms with Crippen LogP contribution in [0.15, 0.2) is 41.7 Å². The van der Waals surface area contributed by atoms with E-state index in [0.29, 0.717) is 17.4 Å². The van der Waals surface area contributed by atoms with Crippen LogP contribution in [0.5, 0.6) is 0 Å². The van der Waals surface area contributed by atoms with Gasteiger partial charge < -0.3 is 0 Å². The average Bonchev–Trinajstić information content (AvgIpc) is 2.44. The van der Waals surface area contributed by atoms with Crippen molar-refractivity contribution in [3.63, 3.8) is 0 Å². The second-order valence-corrected chi connectivity index (χ2v) is 4.45. The van der Waals surface area contributed by atoms with Gasteiger partial charge in [-0.1, -0.05) is 17.7 Å². The quantitative estimate of drug-likeness (QED) is 0.497. The average molecular weight is 292 g/mol. The van der Waals surface area contributed by atoms with E-state index in [2.05, 4.69) is 27.4 Å². The van der Waals surface area contributed by atoms with Crippen LogP contribution in [0.25, 0.3) is 11.4 Å². The fourth-order valence-electron chi connectivity index (χ4n) is 1.57. The van der Waals surface area contributed by atoms with Gasteiger partial charge in [0.05, 0.1) is 0 Å². The van der Waals surface area contributed by atoms with Gasteiger partial charge in [-0.05, 0) is 24.3 Å². The van der Waals surface area contributed by atoms with Crippen molar-refractivity contribution in [3.8, 4) is 11.4 Å². The van der Waals surface area contributed by atoms with Gasteiger partial charge in [-0.3, -0.25) is 9.99 Å². The van der Waals surface area contributed by atoms with E-state index in [1.165, 1.54) is 4.57 Å². The lowest BCUT2D eigenvalue weighted by Crippen LogP contribution is -2.29. The Labute approximate surface area is 121 Å². The Morgan fingerprint density at radius 1 is 1.35 bits per heavy atom. The van der Waals surface area contributed by atoms with Gasteiger partial charge in [-0.15, -0.1) is 6.58 Å². The van der Waals surface area contributed by atoms with Gasteiger partial charge >= 0.3 is 5.69 Å². The largest absolute Gasteiger partial charge is 0.352 e. The summed E-state index contributed by atoms with van der Waals surface area (Å²) in [7, 11) is 1.62. The number of anilines is 1. The summed E-state index contributed by atoms with van der Waals surface area (Å²) in [5.41, 5.74) is 5.96. The van der Waals surface area contributed by atoms with E-state index >= 15 is 0 Å². The molecule has 1 aromatic heterocycles. The van der Waals surface area contributed by atoms with Crippen LogP contribution < -0.4 is 16.5 Å². The molecule has 7 heteroatoms. The van der Waals surface area contributed by atoms with Crippen LogP contribution in [0.1, 0.15) is 0 Å². The summed E-state index contributed by atoms with van der Waals surface area (Å²) in [6, 6.07) is 7.08. The van der Waals surface area contributed by atoms with Crippen LogP contribution in [0.2, 0.25) is 5.02 Å². The molecular formula is C13H14ClN5O. The number of halogens is 1. The molecule has 0 aliphatic heterocycles. The molecule has 2 N–H and O–H groups in total. The first-order valence-corrected chi connectivity index (χ1v) is 6.30. The van der Waals surface area contributed by atoms with Crippen molar-refractivity contribution < 1.29 is 0 Å². The molecule has 0 fully saturated rings. The molecule has 0 atom stereocenters. The normalized spacial score (nSPS) is 10.3. The third-order valence-electron chi connectivity index (χ3n) is 2.57. The Hall–Kier alpha value is -2.18. The van der Waals surface area contributed by atoms with E-state index < -0.39 is 5.69 Å². The minimum Gasteiger partial charge on any atom is -0.289 e. The van der Waals surface area contributed by atoms with Crippen LogP contribution >= 0.6 is 11.6 Å². The number of benzene rings is 1. The maximum absolute atomic E-state index is 11.8. The zero-order chi connectivity index (χ0) is 14.5. The Morgan fingerprint density at radius 3 is 2.70 bits per heavy atom. The SMILES string of the molecule is C=CCNNc1nc(-c2ccc(Cl)cc2)n(C)c(=O)n1. The number of aromatic nitrogens is 3. The summed E-state index contributed by atoms with van der Waals surface area (Å²) in [4.78, 5) is 19.9. The van der Waals surface area contributed by atoms with E-state index in [1.807, 2.05) is 0 Å². The van der Waals surface area contributed by atoms with Gasteiger partial charge in [0.1, 0.15) is 5.82 Å². The Balaban J connectivity index is 2.38. The van der Waals surface area contributed by atoms with Gasteiger partial charge in [0.2, 0.25) is 5.95 Å². The molecule has 2 rings (SSSR count). The maximum Gasteiger partial charge on any atom is 0.352 e. The molecular weight excluding hydrogens is 278 g/mol. The maximum atomic E-state index is 11.8. The van der Waals surface area contributed by atoms with Crippen molar-refractivity contribution in [2.75, 3.05) is 12.0 Å². The van der Waals surface area contributed by atoms with Crippen molar-refractivity contribution >= 4 is 17.5 Å². The number of hydrazine groups is 1. The topological polar surface area (TPSA) is 71.8 Å². The first kappa shape index (κ1) is 14.2. The lowest BCUT2D eigenvalue weighted by Gasteiger charge is -2.10. The highest BCUT2D eigenvalue weighted by atomic mass is 35.5. The Bertz CT molecular complexity index is 665. The monoisotopic (exact) mass is 291 g/mol. The van der Waals surface area contributed by atoms with Crippen molar-refractivity contribution in [2.24, 2.45) is 7.05 Å². The third-order valence-corrected chi connectivity index (χ3v) is 2.82. The molecule has 1 heterocycles. The van der Waals surface area contributed by atoms with Crippen molar-refractivity contribution in [3.05, 3.63) is 52.4 Å². The molecule has 0 amide bonds. The number of hydrogen-bond acceptors (Lipinski definition) is 5. The zero-order valence-electron chi connectivity index (χ0n) is 10.9. The lowest BCUT2D eigenvalue weighted by atomic mass is 10.2. The summed E-state index contributed by atoms with van der Waals surface area (Å²) in [5.74, 6) is 0.712. The standard InChI is InChI=1S/C13H14ClN5O/c1-3-8-15-18-12-16-11(19(2)13(20)17-12)9-4-6-10(14)7-5-9/h3-7,15H,1,8H2,2H3,(H,17,18,20). The molecule has 1 aromatic carbocycles. The molecule has 104 valence electrons. The van der Waals surface area contributed by atoms with E-state index in [0.717, 1.165) is 5.56 Å². The van der Waals surface area contributed by atoms with Crippen LogP contribution in [-0.2, 0) is 7.05 Å². The predicted octanol–water partition coefficient (Wildman–Crippen LogP) is 1.60. The van der Waals surface area contributed by atoms with Crippen molar-refractivity contribution in [2.45, 2.75) is 0 Å². The summed E-state index contributed by atoms with van der Waals surface area (Å²) in [6.45, 7) is 4.10. The second kappa shape index (κ2) is 6.31. The summed E-state index contributed by atoms with van der Waals surface area (Å²) < 4.78 is 1.38. The van der Waals surface area contributed by atoms with E-state index in [9.17, 15) is 4.79 Å². The minimum absolute atomic E-state index is 0.208. The van der Waals surface area contributed by atoms with Crippen LogP contribution in [-0.4, -0.2) is 21.1 Å². The second-order valence-electron chi connectivity index (χ2n) is 4.01. The number of nitrogens with one attached hydrogen (secondary N) is 2. The molecule has 0 saturated carbocycles.